The summed E-state index contributed by atoms with van der Waals surface area (Å²) in [6.45, 7) is 2.85. The molecule has 0 bridgehead atoms. The minimum Gasteiger partial charge on any atom is -0.356 e. The molecular weight excluding hydrogens is 272 g/mol. The van der Waals surface area contributed by atoms with Crippen LogP contribution < -0.4 is 5.32 Å². The maximum atomic E-state index is 11.8. The van der Waals surface area contributed by atoms with E-state index >= 15 is 0 Å². The fourth-order valence-electron chi connectivity index (χ4n) is 2.48. The minimum absolute atomic E-state index is 0.153. The molecular formula is C19H24N2O. The van der Waals surface area contributed by atoms with Gasteiger partial charge in [0, 0.05) is 25.4 Å². The summed E-state index contributed by atoms with van der Waals surface area (Å²) in [7, 11) is 0. The van der Waals surface area contributed by atoms with Crippen LogP contribution in [0.15, 0.2) is 48.8 Å². The van der Waals surface area contributed by atoms with E-state index in [0.29, 0.717) is 6.42 Å². The topological polar surface area (TPSA) is 42.0 Å². The summed E-state index contributed by atoms with van der Waals surface area (Å²) in [4.78, 5) is 15.9. The number of benzene rings is 1. The van der Waals surface area contributed by atoms with Gasteiger partial charge in [0.2, 0.25) is 5.91 Å². The highest BCUT2D eigenvalue weighted by molar-refractivity contribution is 5.75. The van der Waals surface area contributed by atoms with Crippen LogP contribution in [0, 0.1) is 6.92 Å². The number of aromatic nitrogens is 1. The quantitative estimate of drug-likeness (QED) is 0.758. The van der Waals surface area contributed by atoms with Crippen LogP contribution in [-0.4, -0.2) is 17.4 Å². The van der Waals surface area contributed by atoms with Crippen LogP contribution in [0.3, 0.4) is 0 Å². The van der Waals surface area contributed by atoms with Crippen molar-refractivity contribution in [2.75, 3.05) is 6.54 Å². The van der Waals surface area contributed by atoms with Crippen molar-refractivity contribution in [2.24, 2.45) is 0 Å². The maximum absolute atomic E-state index is 11.8. The lowest BCUT2D eigenvalue weighted by Gasteiger charge is -2.07. The highest BCUT2D eigenvalue weighted by Gasteiger charge is 2.02. The number of hydrogen-bond acceptors (Lipinski definition) is 2. The van der Waals surface area contributed by atoms with E-state index in [-0.39, 0.29) is 5.91 Å². The van der Waals surface area contributed by atoms with Gasteiger partial charge in [0.25, 0.3) is 0 Å². The fourth-order valence-corrected chi connectivity index (χ4v) is 2.48. The number of hydrogen-bond donors (Lipinski definition) is 1. The molecule has 0 aliphatic carbocycles. The Bertz CT molecular complexity index is 581. The number of nitrogens with zero attached hydrogens (tertiary/aromatic N) is 1. The van der Waals surface area contributed by atoms with E-state index in [1.165, 1.54) is 16.7 Å². The first kappa shape index (κ1) is 16.2. The smallest absolute Gasteiger partial charge is 0.220 e. The summed E-state index contributed by atoms with van der Waals surface area (Å²) in [6, 6.07) is 12.4. The number of nitrogens with one attached hydrogen (secondary N) is 1. The highest BCUT2D eigenvalue weighted by atomic mass is 16.1. The second-order valence-corrected chi connectivity index (χ2v) is 5.59. The highest BCUT2D eigenvalue weighted by Crippen LogP contribution is 2.10. The van der Waals surface area contributed by atoms with Gasteiger partial charge >= 0.3 is 0 Å². The second-order valence-electron chi connectivity index (χ2n) is 5.59. The Morgan fingerprint density at radius 1 is 1.09 bits per heavy atom. The van der Waals surface area contributed by atoms with Gasteiger partial charge in [0.1, 0.15) is 0 Å². The van der Waals surface area contributed by atoms with Crippen molar-refractivity contribution in [1.29, 1.82) is 0 Å². The molecule has 0 aliphatic rings. The zero-order valence-electron chi connectivity index (χ0n) is 13.2. The zero-order valence-corrected chi connectivity index (χ0v) is 13.2. The van der Waals surface area contributed by atoms with Crippen molar-refractivity contribution in [3.8, 4) is 0 Å². The molecule has 1 heterocycles. The summed E-state index contributed by atoms with van der Waals surface area (Å²) in [5.74, 6) is 0.153. The summed E-state index contributed by atoms with van der Waals surface area (Å²) in [6.07, 6.45) is 8.03. The molecule has 1 N–H and O–H groups in total. The van der Waals surface area contributed by atoms with E-state index in [1.54, 1.807) is 6.20 Å². The zero-order chi connectivity index (χ0) is 15.6. The summed E-state index contributed by atoms with van der Waals surface area (Å²) >= 11 is 0. The predicted molar refractivity (Wildman–Crippen MR) is 89.7 cm³/mol. The molecule has 0 radical (unpaired) electrons. The third-order valence-corrected chi connectivity index (χ3v) is 3.80. The molecule has 116 valence electrons. The number of carbonyl (C=O) groups excluding carboxylic acids is 1. The average Bonchev–Trinajstić information content (AvgIpc) is 2.54. The predicted octanol–water partition coefficient (Wildman–Crippen LogP) is 3.46. The van der Waals surface area contributed by atoms with Gasteiger partial charge in [-0.15, -0.1) is 0 Å². The molecule has 2 aromatic rings. The maximum Gasteiger partial charge on any atom is 0.220 e. The first-order valence-corrected chi connectivity index (χ1v) is 7.96. The van der Waals surface area contributed by atoms with Crippen molar-refractivity contribution in [3.05, 3.63) is 65.5 Å². The van der Waals surface area contributed by atoms with E-state index < -0.39 is 0 Å². The molecule has 0 unspecified atom stereocenters. The van der Waals surface area contributed by atoms with Crippen LogP contribution in [0.5, 0.6) is 0 Å². The molecule has 0 spiro atoms. The molecule has 2 rings (SSSR count). The minimum atomic E-state index is 0.153. The average molecular weight is 296 g/mol. The van der Waals surface area contributed by atoms with Crippen LogP contribution in [0.25, 0.3) is 0 Å². The van der Waals surface area contributed by atoms with Gasteiger partial charge in [-0.3, -0.25) is 9.78 Å². The molecule has 3 heteroatoms. The van der Waals surface area contributed by atoms with Crippen LogP contribution in [0.1, 0.15) is 36.0 Å². The number of aryl methyl sites for hydroxylation is 3. The SMILES string of the molecule is Cc1ccccc1CCCC(=O)NCCCc1cccnc1. The van der Waals surface area contributed by atoms with Gasteiger partial charge < -0.3 is 5.32 Å². The van der Waals surface area contributed by atoms with E-state index in [2.05, 4.69) is 41.5 Å². The largest absolute Gasteiger partial charge is 0.356 e. The Morgan fingerprint density at radius 2 is 1.95 bits per heavy atom. The van der Waals surface area contributed by atoms with E-state index in [4.69, 9.17) is 0 Å². The fraction of sp³-hybridized carbons (Fsp3) is 0.368. The molecule has 22 heavy (non-hydrogen) atoms. The Hall–Kier alpha value is -2.16. The Morgan fingerprint density at radius 3 is 2.73 bits per heavy atom. The molecule has 1 amide bonds. The molecule has 0 saturated carbocycles. The van der Waals surface area contributed by atoms with Crippen molar-refractivity contribution in [3.63, 3.8) is 0 Å². The lowest BCUT2D eigenvalue weighted by Crippen LogP contribution is -2.24. The van der Waals surface area contributed by atoms with E-state index in [1.807, 2.05) is 18.3 Å². The molecule has 1 aromatic heterocycles. The molecule has 3 nitrogen and oxygen atoms in total. The van der Waals surface area contributed by atoms with Gasteiger partial charge in [-0.2, -0.15) is 0 Å². The van der Waals surface area contributed by atoms with Crippen LogP contribution in [0.2, 0.25) is 0 Å². The third kappa shape index (κ3) is 5.68. The van der Waals surface area contributed by atoms with Gasteiger partial charge in [-0.1, -0.05) is 30.3 Å². The lowest BCUT2D eigenvalue weighted by atomic mass is 10.0. The van der Waals surface area contributed by atoms with E-state index in [0.717, 1.165) is 32.2 Å². The summed E-state index contributed by atoms with van der Waals surface area (Å²) in [5.41, 5.74) is 3.86. The Labute approximate surface area is 132 Å². The first-order chi connectivity index (χ1) is 10.8. The monoisotopic (exact) mass is 296 g/mol. The standard InChI is InChI=1S/C19H24N2O/c1-16-7-2-3-10-18(16)11-4-12-19(22)21-14-6-9-17-8-5-13-20-15-17/h2-3,5,7-8,10,13,15H,4,6,9,11-12,14H2,1H3,(H,21,22). The summed E-state index contributed by atoms with van der Waals surface area (Å²) < 4.78 is 0. The van der Waals surface area contributed by atoms with Crippen molar-refractivity contribution < 1.29 is 4.79 Å². The second kappa shape index (κ2) is 8.98. The summed E-state index contributed by atoms with van der Waals surface area (Å²) in [5, 5.41) is 2.99. The third-order valence-electron chi connectivity index (χ3n) is 3.80. The lowest BCUT2D eigenvalue weighted by molar-refractivity contribution is -0.121. The molecule has 0 aliphatic heterocycles. The molecule has 0 fully saturated rings. The van der Waals surface area contributed by atoms with Crippen molar-refractivity contribution in [2.45, 2.75) is 39.0 Å². The van der Waals surface area contributed by atoms with Crippen molar-refractivity contribution in [1.82, 2.24) is 10.3 Å². The first-order valence-electron chi connectivity index (χ1n) is 7.96. The Balaban J connectivity index is 1.57. The normalized spacial score (nSPS) is 10.4. The van der Waals surface area contributed by atoms with Gasteiger partial charge in [-0.05, 0) is 55.4 Å². The van der Waals surface area contributed by atoms with Gasteiger partial charge in [0.05, 0.1) is 0 Å². The number of pyridine rings is 1. The molecule has 1 aromatic carbocycles. The number of amides is 1. The molecule has 0 atom stereocenters. The Kier molecular flexibility index (Phi) is 6.62. The van der Waals surface area contributed by atoms with E-state index in [9.17, 15) is 4.79 Å². The van der Waals surface area contributed by atoms with Crippen LogP contribution >= 0.6 is 0 Å². The van der Waals surface area contributed by atoms with Crippen LogP contribution in [0.4, 0.5) is 0 Å². The molecule has 0 saturated heterocycles. The number of rotatable bonds is 8. The number of carbonyl (C=O) groups is 1. The van der Waals surface area contributed by atoms with Gasteiger partial charge in [0.15, 0.2) is 0 Å². The van der Waals surface area contributed by atoms with Crippen molar-refractivity contribution >= 4 is 5.91 Å². The van der Waals surface area contributed by atoms with Crippen LogP contribution in [-0.2, 0) is 17.6 Å². The van der Waals surface area contributed by atoms with Gasteiger partial charge in [-0.25, -0.2) is 0 Å².